The zero-order valence-electron chi connectivity index (χ0n) is 13.3. The Morgan fingerprint density at radius 3 is 2.88 bits per heavy atom. The van der Waals surface area contributed by atoms with Gasteiger partial charge in [0.25, 0.3) is 5.91 Å². The monoisotopic (exact) mass is 343 g/mol. The topological polar surface area (TPSA) is 94.1 Å². The number of thiazole rings is 1. The number of carbonyl (C=O) groups is 1. The summed E-state index contributed by atoms with van der Waals surface area (Å²) in [6.45, 7) is 0.341. The number of para-hydroxylation sites is 1. The van der Waals surface area contributed by atoms with Crippen molar-refractivity contribution in [3.05, 3.63) is 47.1 Å². The quantitative estimate of drug-likeness (QED) is 0.660. The second-order valence-corrected chi connectivity index (χ2v) is 6.22. The summed E-state index contributed by atoms with van der Waals surface area (Å²) in [6, 6.07) is 8.46. The number of hydrogen-bond acceptors (Lipinski definition) is 6. The molecule has 24 heavy (non-hydrogen) atoms. The van der Waals surface area contributed by atoms with Crippen molar-refractivity contribution in [2.45, 2.75) is 6.54 Å². The van der Waals surface area contributed by atoms with E-state index in [2.05, 4.69) is 20.5 Å². The first-order chi connectivity index (χ1) is 11.5. The van der Waals surface area contributed by atoms with E-state index in [1.54, 1.807) is 30.3 Å². The summed E-state index contributed by atoms with van der Waals surface area (Å²) in [7, 11) is 3.85. The number of nitrogens with zero attached hydrogens (tertiary/aromatic N) is 3. The van der Waals surface area contributed by atoms with Gasteiger partial charge in [0.15, 0.2) is 5.13 Å². The molecule has 124 valence electrons. The number of phenolic OH excluding ortho intramolecular Hbond substituents is 1. The lowest BCUT2D eigenvalue weighted by Crippen LogP contribution is -2.23. The Balaban J connectivity index is 1.66. The van der Waals surface area contributed by atoms with E-state index in [0.717, 1.165) is 10.8 Å². The Kier molecular flexibility index (Phi) is 4.48. The van der Waals surface area contributed by atoms with Crippen molar-refractivity contribution >= 4 is 22.4 Å². The van der Waals surface area contributed by atoms with Crippen molar-refractivity contribution in [3.63, 3.8) is 0 Å². The Bertz CT molecular complexity index is 856. The Morgan fingerprint density at radius 2 is 2.17 bits per heavy atom. The third kappa shape index (κ3) is 3.38. The normalized spacial score (nSPS) is 10.6. The fourth-order valence-electron chi connectivity index (χ4n) is 2.12. The van der Waals surface area contributed by atoms with E-state index in [4.69, 9.17) is 0 Å². The van der Waals surface area contributed by atoms with Crippen molar-refractivity contribution in [2.24, 2.45) is 0 Å². The van der Waals surface area contributed by atoms with Crippen molar-refractivity contribution in [1.29, 1.82) is 0 Å². The average molecular weight is 343 g/mol. The molecule has 0 atom stereocenters. The SMILES string of the molecule is CN(C)c1nc(CNC(=O)c2cc(-c3ccccc3O)n[nH]2)cs1. The molecule has 3 rings (SSSR count). The number of aromatic amines is 1. The largest absolute Gasteiger partial charge is 0.507 e. The molecule has 3 N–H and O–H groups in total. The van der Waals surface area contributed by atoms with E-state index in [9.17, 15) is 9.90 Å². The Hall–Kier alpha value is -2.87. The number of anilines is 1. The average Bonchev–Trinajstić information content (AvgIpc) is 3.22. The van der Waals surface area contributed by atoms with Crippen LogP contribution >= 0.6 is 11.3 Å². The molecule has 0 aliphatic carbocycles. The first-order valence-corrected chi connectivity index (χ1v) is 8.16. The van der Waals surface area contributed by atoms with Crippen LogP contribution in [0.3, 0.4) is 0 Å². The van der Waals surface area contributed by atoms with E-state index in [0.29, 0.717) is 23.5 Å². The molecule has 0 spiro atoms. The maximum atomic E-state index is 12.2. The number of carbonyl (C=O) groups excluding carboxylic acids is 1. The summed E-state index contributed by atoms with van der Waals surface area (Å²) >= 11 is 1.52. The standard InChI is InChI=1S/C16H17N5O2S/c1-21(2)16-18-10(9-24-16)8-17-15(23)13-7-12(19-20-13)11-5-3-4-6-14(11)22/h3-7,9,22H,8H2,1-2H3,(H,17,23)(H,19,20). The number of hydrogen-bond donors (Lipinski definition) is 3. The number of H-pyrrole nitrogens is 1. The van der Waals surface area contributed by atoms with Gasteiger partial charge in [0.2, 0.25) is 0 Å². The molecule has 0 aliphatic heterocycles. The number of amides is 1. The minimum atomic E-state index is -0.274. The molecule has 0 bridgehead atoms. The lowest BCUT2D eigenvalue weighted by atomic mass is 10.1. The highest BCUT2D eigenvalue weighted by atomic mass is 32.1. The van der Waals surface area contributed by atoms with Crippen LogP contribution < -0.4 is 10.2 Å². The number of nitrogens with one attached hydrogen (secondary N) is 2. The third-order valence-electron chi connectivity index (χ3n) is 3.35. The first-order valence-electron chi connectivity index (χ1n) is 7.28. The summed E-state index contributed by atoms with van der Waals surface area (Å²) < 4.78 is 0. The highest BCUT2D eigenvalue weighted by Crippen LogP contribution is 2.27. The molecule has 0 unspecified atom stereocenters. The number of aromatic hydroxyl groups is 1. The first kappa shape index (κ1) is 16.0. The minimum Gasteiger partial charge on any atom is -0.507 e. The predicted octanol–water partition coefficient (Wildman–Crippen LogP) is 2.23. The van der Waals surface area contributed by atoms with Gasteiger partial charge in [-0.2, -0.15) is 5.10 Å². The van der Waals surface area contributed by atoms with Gasteiger partial charge >= 0.3 is 0 Å². The van der Waals surface area contributed by atoms with E-state index in [1.165, 1.54) is 11.3 Å². The minimum absolute atomic E-state index is 0.120. The molecule has 0 aliphatic rings. The van der Waals surface area contributed by atoms with Crippen LogP contribution in [0.4, 0.5) is 5.13 Å². The van der Waals surface area contributed by atoms with Crippen LogP contribution in [0.5, 0.6) is 5.75 Å². The summed E-state index contributed by atoms with van der Waals surface area (Å²) in [5.74, 6) is -0.154. The highest BCUT2D eigenvalue weighted by Gasteiger charge is 2.13. The molecule has 1 amide bonds. The zero-order valence-corrected chi connectivity index (χ0v) is 14.1. The van der Waals surface area contributed by atoms with Crippen LogP contribution in [0.2, 0.25) is 0 Å². The molecule has 7 nitrogen and oxygen atoms in total. The maximum Gasteiger partial charge on any atom is 0.269 e. The predicted molar refractivity (Wildman–Crippen MR) is 93.3 cm³/mol. The van der Waals surface area contributed by atoms with Crippen molar-refractivity contribution in [1.82, 2.24) is 20.5 Å². The summed E-state index contributed by atoms with van der Waals surface area (Å²) in [5.41, 5.74) is 2.22. The van der Waals surface area contributed by atoms with E-state index < -0.39 is 0 Å². The van der Waals surface area contributed by atoms with E-state index in [-0.39, 0.29) is 11.7 Å². The smallest absolute Gasteiger partial charge is 0.269 e. The highest BCUT2D eigenvalue weighted by molar-refractivity contribution is 7.13. The number of aromatic nitrogens is 3. The van der Waals surface area contributed by atoms with Crippen molar-refractivity contribution < 1.29 is 9.90 Å². The molecule has 0 saturated heterocycles. The second-order valence-electron chi connectivity index (χ2n) is 5.38. The maximum absolute atomic E-state index is 12.2. The zero-order chi connectivity index (χ0) is 17.1. The van der Waals surface area contributed by atoms with Gasteiger partial charge in [-0.05, 0) is 18.2 Å². The fourth-order valence-corrected chi connectivity index (χ4v) is 2.87. The molecule has 3 aromatic rings. The molecular formula is C16H17N5O2S. The van der Waals surface area contributed by atoms with Gasteiger partial charge in [0.05, 0.1) is 17.9 Å². The van der Waals surface area contributed by atoms with Crippen molar-refractivity contribution in [3.8, 4) is 17.0 Å². The summed E-state index contributed by atoms with van der Waals surface area (Å²) in [5, 5.41) is 22.2. The molecule has 8 heteroatoms. The van der Waals surface area contributed by atoms with Crippen LogP contribution in [0, 0.1) is 0 Å². The molecular weight excluding hydrogens is 326 g/mol. The van der Waals surface area contributed by atoms with Crippen LogP contribution in [0.15, 0.2) is 35.7 Å². The van der Waals surface area contributed by atoms with Gasteiger partial charge in [-0.25, -0.2) is 4.98 Å². The number of benzene rings is 1. The van der Waals surface area contributed by atoms with Crippen LogP contribution in [0.25, 0.3) is 11.3 Å². The Labute approximate surface area is 143 Å². The van der Waals surface area contributed by atoms with E-state index in [1.807, 2.05) is 24.4 Å². The number of phenols is 1. The molecule has 0 radical (unpaired) electrons. The van der Waals surface area contributed by atoms with Gasteiger partial charge < -0.3 is 15.3 Å². The van der Waals surface area contributed by atoms with Gasteiger partial charge in [-0.1, -0.05) is 12.1 Å². The summed E-state index contributed by atoms with van der Waals surface area (Å²) in [6.07, 6.45) is 0. The van der Waals surface area contributed by atoms with Gasteiger partial charge in [0, 0.05) is 25.0 Å². The van der Waals surface area contributed by atoms with Crippen LogP contribution in [0.1, 0.15) is 16.2 Å². The van der Waals surface area contributed by atoms with Crippen LogP contribution in [-0.4, -0.2) is 40.3 Å². The van der Waals surface area contributed by atoms with Gasteiger partial charge in [0.1, 0.15) is 11.4 Å². The van der Waals surface area contributed by atoms with Gasteiger partial charge in [-0.15, -0.1) is 11.3 Å². The molecule has 0 saturated carbocycles. The molecule has 0 fully saturated rings. The molecule has 2 heterocycles. The van der Waals surface area contributed by atoms with Crippen molar-refractivity contribution in [2.75, 3.05) is 19.0 Å². The Morgan fingerprint density at radius 1 is 1.38 bits per heavy atom. The van der Waals surface area contributed by atoms with Crippen LogP contribution in [-0.2, 0) is 6.54 Å². The lowest BCUT2D eigenvalue weighted by molar-refractivity contribution is 0.0945. The number of rotatable bonds is 5. The fraction of sp³-hybridized carbons (Fsp3) is 0.188. The third-order valence-corrected chi connectivity index (χ3v) is 4.41. The van der Waals surface area contributed by atoms with Gasteiger partial charge in [-0.3, -0.25) is 9.89 Å². The second kappa shape index (κ2) is 6.71. The molecule has 1 aromatic carbocycles. The summed E-state index contributed by atoms with van der Waals surface area (Å²) in [4.78, 5) is 18.5. The van der Waals surface area contributed by atoms with E-state index >= 15 is 0 Å². The lowest BCUT2D eigenvalue weighted by Gasteiger charge is -2.05. The molecule has 2 aromatic heterocycles.